The van der Waals surface area contributed by atoms with Gasteiger partial charge < -0.3 is 14.2 Å². The van der Waals surface area contributed by atoms with Crippen LogP contribution in [0.2, 0.25) is 0 Å². The van der Waals surface area contributed by atoms with E-state index in [9.17, 15) is 9.59 Å². The van der Waals surface area contributed by atoms with Gasteiger partial charge in [0.15, 0.2) is 6.10 Å². The topological polar surface area (TPSA) is 61.8 Å². The Morgan fingerprint density at radius 1 is 0.383 bits per heavy atom. The first-order chi connectivity index (χ1) is 29.6. The van der Waals surface area contributed by atoms with Crippen molar-refractivity contribution in [2.75, 3.05) is 19.8 Å². The summed E-state index contributed by atoms with van der Waals surface area (Å²) >= 11 is 0. The minimum atomic E-state index is -0.578. The molecular formula is C55H96O5. The number of ether oxygens (including phenoxy) is 3. The largest absolute Gasteiger partial charge is 0.462 e. The fourth-order valence-electron chi connectivity index (χ4n) is 6.91. The molecule has 0 aliphatic heterocycles. The van der Waals surface area contributed by atoms with E-state index in [0.29, 0.717) is 25.9 Å². The predicted octanol–water partition coefficient (Wildman–Crippen LogP) is 17.1. The van der Waals surface area contributed by atoms with Crippen molar-refractivity contribution in [3.63, 3.8) is 0 Å². The van der Waals surface area contributed by atoms with Gasteiger partial charge in [-0.2, -0.15) is 0 Å². The maximum atomic E-state index is 12.7. The zero-order chi connectivity index (χ0) is 43.5. The summed E-state index contributed by atoms with van der Waals surface area (Å²) in [7, 11) is 0. The summed E-state index contributed by atoms with van der Waals surface area (Å²) in [6.07, 6.45) is 65.0. The van der Waals surface area contributed by atoms with E-state index >= 15 is 0 Å². The summed E-state index contributed by atoms with van der Waals surface area (Å²) in [6.45, 7) is 7.59. The Morgan fingerprint density at radius 3 is 1.32 bits per heavy atom. The molecule has 0 fully saturated rings. The zero-order valence-electron chi connectivity index (χ0n) is 39.7. The van der Waals surface area contributed by atoms with Crippen LogP contribution >= 0.6 is 0 Å². The monoisotopic (exact) mass is 837 g/mol. The zero-order valence-corrected chi connectivity index (χ0v) is 39.7. The Bertz CT molecular complexity index is 1080. The summed E-state index contributed by atoms with van der Waals surface area (Å²) in [5.74, 6) is -0.494. The van der Waals surface area contributed by atoms with Gasteiger partial charge in [-0.05, 0) is 89.9 Å². The Kier molecular flexibility index (Phi) is 48.4. The van der Waals surface area contributed by atoms with Crippen LogP contribution in [0.15, 0.2) is 72.9 Å². The van der Waals surface area contributed by atoms with Gasteiger partial charge in [-0.15, -0.1) is 0 Å². The number of hydrogen-bond donors (Lipinski definition) is 0. The molecule has 5 heteroatoms. The van der Waals surface area contributed by atoms with Crippen LogP contribution in [-0.2, 0) is 23.8 Å². The highest BCUT2D eigenvalue weighted by Gasteiger charge is 2.17. The maximum absolute atomic E-state index is 12.7. The normalized spacial score (nSPS) is 12.8. The predicted molar refractivity (Wildman–Crippen MR) is 260 cm³/mol. The lowest BCUT2D eigenvalue weighted by Crippen LogP contribution is -2.30. The van der Waals surface area contributed by atoms with Crippen molar-refractivity contribution in [1.82, 2.24) is 0 Å². The minimum absolute atomic E-state index is 0.0519. The second-order valence-electron chi connectivity index (χ2n) is 16.7. The van der Waals surface area contributed by atoms with Crippen LogP contribution in [-0.4, -0.2) is 37.9 Å². The van der Waals surface area contributed by atoms with Crippen molar-refractivity contribution in [1.29, 1.82) is 0 Å². The molecule has 0 N–H and O–H groups in total. The molecule has 0 bridgehead atoms. The van der Waals surface area contributed by atoms with Gasteiger partial charge >= 0.3 is 11.9 Å². The molecule has 0 saturated carbocycles. The molecule has 0 spiro atoms. The van der Waals surface area contributed by atoms with Gasteiger partial charge in [0.2, 0.25) is 0 Å². The molecule has 0 aromatic heterocycles. The molecular weight excluding hydrogens is 741 g/mol. The average molecular weight is 837 g/mol. The Balaban J connectivity index is 4.29. The van der Waals surface area contributed by atoms with E-state index in [1.165, 1.54) is 141 Å². The first-order valence-electron chi connectivity index (χ1n) is 25.5. The van der Waals surface area contributed by atoms with Crippen molar-refractivity contribution >= 4 is 11.9 Å². The lowest BCUT2D eigenvalue weighted by molar-refractivity contribution is -0.162. The third-order valence-corrected chi connectivity index (χ3v) is 10.7. The molecule has 0 aromatic rings. The Hall–Kier alpha value is -2.66. The first-order valence-corrected chi connectivity index (χ1v) is 25.5. The summed E-state index contributed by atoms with van der Waals surface area (Å²) in [5, 5.41) is 0. The van der Waals surface area contributed by atoms with Gasteiger partial charge in [0.1, 0.15) is 6.61 Å². The number of rotatable bonds is 46. The SMILES string of the molecule is CC/C=C\C/C=C\C/C=C\C/C=C\CCC(=O)OC(COCCCCCCCC/C=C\CCCC)COC(=O)CCCCCCCCCCC/C=C\CCCCCCCC. The summed E-state index contributed by atoms with van der Waals surface area (Å²) in [5.41, 5.74) is 0. The van der Waals surface area contributed by atoms with E-state index in [1.54, 1.807) is 0 Å². The molecule has 1 unspecified atom stereocenters. The summed E-state index contributed by atoms with van der Waals surface area (Å²) in [4.78, 5) is 25.3. The second kappa shape index (κ2) is 50.7. The average Bonchev–Trinajstić information content (AvgIpc) is 3.25. The third-order valence-electron chi connectivity index (χ3n) is 10.7. The fraction of sp³-hybridized carbons (Fsp3) is 0.745. The van der Waals surface area contributed by atoms with Crippen molar-refractivity contribution in [3.8, 4) is 0 Å². The van der Waals surface area contributed by atoms with Crippen LogP contribution < -0.4 is 0 Å². The van der Waals surface area contributed by atoms with Gasteiger partial charge in [-0.1, -0.05) is 209 Å². The summed E-state index contributed by atoms with van der Waals surface area (Å²) in [6, 6.07) is 0. The molecule has 60 heavy (non-hydrogen) atoms. The third kappa shape index (κ3) is 48.0. The maximum Gasteiger partial charge on any atom is 0.306 e. The number of allylic oxidation sites excluding steroid dienone is 12. The second-order valence-corrected chi connectivity index (χ2v) is 16.7. The van der Waals surface area contributed by atoms with Crippen LogP contribution in [0.1, 0.15) is 239 Å². The van der Waals surface area contributed by atoms with E-state index in [2.05, 4.69) is 87.6 Å². The van der Waals surface area contributed by atoms with Crippen LogP contribution in [0.4, 0.5) is 0 Å². The van der Waals surface area contributed by atoms with Crippen molar-refractivity contribution in [2.45, 2.75) is 245 Å². The highest BCUT2D eigenvalue weighted by atomic mass is 16.6. The Morgan fingerprint density at radius 2 is 0.800 bits per heavy atom. The number of hydrogen-bond acceptors (Lipinski definition) is 5. The van der Waals surface area contributed by atoms with E-state index in [4.69, 9.17) is 14.2 Å². The van der Waals surface area contributed by atoms with Crippen molar-refractivity contribution < 1.29 is 23.8 Å². The van der Waals surface area contributed by atoms with E-state index in [0.717, 1.165) is 57.8 Å². The van der Waals surface area contributed by atoms with Crippen LogP contribution in [0.25, 0.3) is 0 Å². The van der Waals surface area contributed by atoms with Gasteiger partial charge in [-0.25, -0.2) is 0 Å². The number of carbonyl (C=O) groups is 2. The lowest BCUT2D eigenvalue weighted by atomic mass is 10.1. The fourth-order valence-corrected chi connectivity index (χ4v) is 6.91. The quantitative estimate of drug-likeness (QED) is 0.0347. The standard InChI is InChI=1S/C55H96O5/c1-4-7-10-13-16-19-22-25-26-27-28-29-30-32-33-36-39-42-45-48-54(56)59-52-53(51-58-50-47-44-41-38-35-24-21-18-15-12-9-6-3)60-55(57)49-46-43-40-37-34-31-23-20-17-14-11-8-5-2/h8,11,15,17-18,20,25-26,31,34,40,43,53H,4-7,9-10,12-14,16,19,21-24,27-30,32-33,35-39,41-42,44-52H2,1-3H3/b11-8-,18-15-,20-17-,26-25-,34-31-,43-40-. The summed E-state index contributed by atoms with van der Waals surface area (Å²) < 4.78 is 17.3. The minimum Gasteiger partial charge on any atom is -0.462 e. The molecule has 0 aromatic carbocycles. The molecule has 0 saturated heterocycles. The Labute approximate surface area is 372 Å². The van der Waals surface area contributed by atoms with Crippen molar-refractivity contribution in [2.24, 2.45) is 0 Å². The van der Waals surface area contributed by atoms with Gasteiger partial charge in [-0.3, -0.25) is 9.59 Å². The molecule has 0 radical (unpaired) electrons. The van der Waals surface area contributed by atoms with E-state index in [1.807, 2.05) is 6.08 Å². The molecule has 0 aliphatic rings. The van der Waals surface area contributed by atoms with Crippen LogP contribution in [0.3, 0.4) is 0 Å². The van der Waals surface area contributed by atoms with Crippen molar-refractivity contribution in [3.05, 3.63) is 72.9 Å². The number of carbonyl (C=O) groups excluding carboxylic acids is 2. The van der Waals surface area contributed by atoms with E-state index < -0.39 is 6.10 Å². The molecule has 0 rings (SSSR count). The molecule has 0 aliphatic carbocycles. The molecule has 0 amide bonds. The molecule has 1 atom stereocenters. The van der Waals surface area contributed by atoms with Crippen LogP contribution in [0.5, 0.6) is 0 Å². The van der Waals surface area contributed by atoms with Gasteiger partial charge in [0.05, 0.1) is 6.61 Å². The number of unbranched alkanes of at least 4 members (excludes halogenated alkanes) is 23. The molecule has 346 valence electrons. The first kappa shape index (κ1) is 57.3. The molecule has 0 heterocycles. The highest BCUT2D eigenvalue weighted by Crippen LogP contribution is 2.14. The van der Waals surface area contributed by atoms with Gasteiger partial charge in [0.25, 0.3) is 0 Å². The highest BCUT2D eigenvalue weighted by molar-refractivity contribution is 5.70. The molecule has 5 nitrogen and oxygen atoms in total. The number of esters is 2. The van der Waals surface area contributed by atoms with E-state index in [-0.39, 0.29) is 25.2 Å². The van der Waals surface area contributed by atoms with Gasteiger partial charge in [0, 0.05) is 19.4 Å². The van der Waals surface area contributed by atoms with Crippen LogP contribution in [0, 0.1) is 0 Å². The lowest BCUT2D eigenvalue weighted by Gasteiger charge is -2.18. The smallest absolute Gasteiger partial charge is 0.306 e.